The molecule has 1 N–H and O–H groups in total. The Kier molecular flexibility index (Phi) is 4.48. The van der Waals surface area contributed by atoms with Crippen molar-refractivity contribution in [3.63, 3.8) is 0 Å². The molecule has 1 heterocycles. The summed E-state index contributed by atoms with van der Waals surface area (Å²) in [7, 11) is 0. The molecular formula is C20H19N2O+. The Balaban J connectivity index is 1.72. The second-order valence-electron chi connectivity index (χ2n) is 5.55. The highest BCUT2D eigenvalue weighted by atomic mass is 16.1. The van der Waals surface area contributed by atoms with E-state index in [1.807, 2.05) is 78.5 Å². The third kappa shape index (κ3) is 4.04. The SMILES string of the molecule is Cc1cccc(NC(=O)C[n+]2cccc(-c3ccccc3)c2)c1. The summed E-state index contributed by atoms with van der Waals surface area (Å²) in [6.07, 6.45) is 3.90. The molecule has 23 heavy (non-hydrogen) atoms. The summed E-state index contributed by atoms with van der Waals surface area (Å²) in [5.74, 6) is -0.0363. The molecule has 3 rings (SSSR count). The van der Waals surface area contributed by atoms with Crippen molar-refractivity contribution >= 4 is 11.6 Å². The Morgan fingerprint density at radius 3 is 2.52 bits per heavy atom. The summed E-state index contributed by atoms with van der Waals surface area (Å²) in [5.41, 5.74) is 4.19. The largest absolute Gasteiger partial charge is 0.321 e. The van der Waals surface area contributed by atoms with Gasteiger partial charge < -0.3 is 5.32 Å². The van der Waals surface area contributed by atoms with Crippen LogP contribution in [0.1, 0.15) is 5.56 Å². The van der Waals surface area contributed by atoms with Gasteiger partial charge in [-0.2, -0.15) is 4.57 Å². The number of nitrogens with zero attached hydrogens (tertiary/aromatic N) is 1. The number of nitrogens with one attached hydrogen (secondary N) is 1. The van der Waals surface area contributed by atoms with Crippen molar-refractivity contribution < 1.29 is 9.36 Å². The van der Waals surface area contributed by atoms with Gasteiger partial charge in [0.2, 0.25) is 6.54 Å². The number of hydrogen-bond acceptors (Lipinski definition) is 1. The fourth-order valence-electron chi connectivity index (χ4n) is 2.51. The first-order valence-electron chi connectivity index (χ1n) is 7.62. The topological polar surface area (TPSA) is 33.0 Å². The molecule has 0 aliphatic carbocycles. The van der Waals surface area contributed by atoms with E-state index in [4.69, 9.17) is 0 Å². The quantitative estimate of drug-likeness (QED) is 0.734. The zero-order valence-electron chi connectivity index (χ0n) is 13.1. The van der Waals surface area contributed by atoms with Crippen molar-refractivity contribution in [1.29, 1.82) is 0 Å². The molecule has 0 atom stereocenters. The molecule has 0 saturated carbocycles. The Bertz CT molecular complexity index is 813. The molecule has 1 aromatic heterocycles. The fraction of sp³-hybridized carbons (Fsp3) is 0.100. The number of aryl methyl sites for hydroxylation is 1. The first-order valence-corrected chi connectivity index (χ1v) is 7.62. The smallest absolute Gasteiger partial charge is 0.290 e. The number of benzene rings is 2. The van der Waals surface area contributed by atoms with Gasteiger partial charge in [-0.25, -0.2) is 0 Å². The standard InChI is InChI=1S/C20H18N2O/c1-16-7-5-11-19(13-16)21-20(23)15-22-12-6-10-18(14-22)17-8-3-2-4-9-17/h2-14H,15H2,1H3/p+1. The van der Waals surface area contributed by atoms with Crippen molar-refractivity contribution in [1.82, 2.24) is 0 Å². The molecule has 0 fully saturated rings. The van der Waals surface area contributed by atoms with E-state index in [2.05, 4.69) is 17.4 Å². The van der Waals surface area contributed by atoms with Crippen LogP contribution in [0.5, 0.6) is 0 Å². The predicted octanol–water partition coefficient (Wildman–Crippen LogP) is 3.59. The number of aromatic nitrogens is 1. The van der Waals surface area contributed by atoms with Gasteiger partial charge in [0.1, 0.15) is 0 Å². The van der Waals surface area contributed by atoms with Crippen molar-refractivity contribution in [2.24, 2.45) is 0 Å². The average molecular weight is 303 g/mol. The molecule has 3 heteroatoms. The summed E-state index contributed by atoms with van der Waals surface area (Å²) in [6.45, 7) is 2.29. The fourth-order valence-corrected chi connectivity index (χ4v) is 2.51. The van der Waals surface area contributed by atoms with E-state index in [9.17, 15) is 4.79 Å². The lowest BCUT2D eigenvalue weighted by atomic mass is 10.1. The number of carbonyl (C=O) groups excluding carboxylic acids is 1. The molecule has 1 amide bonds. The molecule has 0 radical (unpaired) electrons. The lowest BCUT2D eigenvalue weighted by Gasteiger charge is -2.05. The van der Waals surface area contributed by atoms with Crippen LogP contribution >= 0.6 is 0 Å². The van der Waals surface area contributed by atoms with E-state index in [-0.39, 0.29) is 12.5 Å². The highest BCUT2D eigenvalue weighted by molar-refractivity contribution is 5.89. The van der Waals surface area contributed by atoms with Crippen LogP contribution in [0.4, 0.5) is 5.69 Å². The number of pyridine rings is 1. The van der Waals surface area contributed by atoms with E-state index in [0.29, 0.717) is 0 Å². The zero-order valence-corrected chi connectivity index (χ0v) is 13.1. The highest BCUT2D eigenvalue weighted by Gasteiger charge is 2.11. The number of rotatable bonds is 4. The second kappa shape index (κ2) is 6.88. The van der Waals surface area contributed by atoms with Gasteiger partial charge in [-0.3, -0.25) is 4.79 Å². The van der Waals surface area contributed by atoms with Crippen LogP contribution in [-0.4, -0.2) is 5.91 Å². The maximum atomic E-state index is 12.2. The number of carbonyl (C=O) groups is 1. The van der Waals surface area contributed by atoms with E-state index in [0.717, 1.165) is 22.4 Å². The van der Waals surface area contributed by atoms with Crippen LogP contribution < -0.4 is 9.88 Å². The zero-order chi connectivity index (χ0) is 16.1. The summed E-state index contributed by atoms with van der Waals surface area (Å²) >= 11 is 0. The maximum Gasteiger partial charge on any atom is 0.290 e. The van der Waals surface area contributed by atoms with Gasteiger partial charge in [0.15, 0.2) is 12.4 Å². The molecule has 0 saturated heterocycles. The molecule has 0 aliphatic rings. The molecule has 2 aromatic carbocycles. The molecular weight excluding hydrogens is 284 g/mol. The van der Waals surface area contributed by atoms with Gasteiger partial charge in [-0.15, -0.1) is 0 Å². The lowest BCUT2D eigenvalue weighted by molar-refractivity contribution is -0.683. The Morgan fingerprint density at radius 1 is 0.957 bits per heavy atom. The predicted molar refractivity (Wildman–Crippen MR) is 91.9 cm³/mol. The molecule has 0 bridgehead atoms. The number of amides is 1. The van der Waals surface area contributed by atoms with Crippen LogP contribution in [0.3, 0.4) is 0 Å². The summed E-state index contributed by atoms with van der Waals surface area (Å²) < 4.78 is 1.90. The van der Waals surface area contributed by atoms with Gasteiger partial charge in [-0.1, -0.05) is 42.5 Å². The van der Waals surface area contributed by atoms with E-state index in [1.54, 1.807) is 0 Å². The normalized spacial score (nSPS) is 10.3. The molecule has 3 aromatic rings. The molecule has 3 nitrogen and oxygen atoms in total. The van der Waals surface area contributed by atoms with Gasteiger partial charge in [-0.05, 0) is 36.2 Å². The van der Waals surface area contributed by atoms with Crippen LogP contribution in [0, 0.1) is 6.92 Å². The Morgan fingerprint density at radius 2 is 1.74 bits per heavy atom. The van der Waals surface area contributed by atoms with Crippen molar-refractivity contribution in [2.45, 2.75) is 13.5 Å². The first-order chi connectivity index (χ1) is 11.2. The third-order valence-corrected chi connectivity index (χ3v) is 3.59. The Hall–Kier alpha value is -2.94. The van der Waals surface area contributed by atoms with Crippen LogP contribution in [0.15, 0.2) is 79.1 Å². The van der Waals surface area contributed by atoms with Gasteiger partial charge in [0, 0.05) is 17.3 Å². The van der Waals surface area contributed by atoms with E-state index in [1.165, 1.54) is 0 Å². The van der Waals surface area contributed by atoms with Gasteiger partial charge >= 0.3 is 0 Å². The molecule has 114 valence electrons. The van der Waals surface area contributed by atoms with E-state index < -0.39 is 0 Å². The van der Waals surface area contributed by atoms with Crippen LogP contribution in [0.25, 0.3) is 11.1 Å². The minimum absolute atomic E-state index is 0.0363. The lowest BCUT2D eigenvalue weighted by Crippen LogP contribution is -2.39. The average Bonchev–Trinajstić information content (AvgIpc) is 2.56. The highest BCUT2D eigenvalue weighted by Crippen LogP contribution is 2.16. The first kappa shape index (κ1) is 15.0. The third-order valence-electron chi connectivity index (χ3n) is 3.59. The molecule has 0 spiro atoms. The maximum absolute atomic E-state index is 12.2. The number of hydrogen-bond donors (Lipinski definition) is 1. The van der Waals surface area contributed by atoms with Gasteiger partial charge in [0.05, 0.1) is 0 Å². The molecule has 0 unspecified atom stereocenters. The minimum atomic E-state index is -0.0363. The summed E-state index contributed by atoms with van der Waals surface area (Å²) in [4.78, 5) is 12.2. The minimum Gasteiger partial charge on any atom is -0.321 e. The van der Waals surface area contributed by atoms with E-state index >= 15 is 0 Å². The van der Waals surface area contributed by atoms with Crippen molar-refractivity contribution in [3.05, 3.63) is 84.7 Å². The number of anilines is 1. The summed E-state index contributed by atoms with van der Waals surface area (Å²) in [5, 5.41) is 2.93. The van der Waals surface area contributed by atoms with Gasteiger partial charge in [0.25, 0.3) is 5.91 Å². The monoisotopic (exact) mass is 303 g/mol. The molecule has 0 aliphatic heterocycles. The van der Waals surface area contributed by atoms with Crippen LogP contribution in [0.2, 0.25) is 0 Å². The van der Waals surface area contributed by atoms with Crippen molar-refractivity contribution in [2.75, 3.05) is 5.32 Å². The Labute approximate surface area is 136 Å². The van der Waals surface area contributed by atoms with Crippen molar-refractivity contribution in [3.8, 4) is 11.1 Å². The summed E-state index contributed by atoms with van der Waals surface area (Å²) in [6, 6.07) is 22.0. The van der Waals surface area contributed by atoms with Crippen LogP contribution in [-0.2, 0) is 11.3 Å². The second-order valence-corrected chi connectivity index (χ2v) is 5.55.